The zero-order valence-electron chi connectivity index (χ0n) is 20.6. The molecule has 0 spiro atoms. The van der Waals surface area contributed by atoms with Gasteiger partial charge in [-0.1, -0.05) is 42.5 Å². The zero-order chi connectivity index (χ0) is 24.9. The molecule has 1 N–H and O–H groups in total. The van der Waals surface area contributed by atoms with Gasteiger partial charge in [0.25, 0.3) is 0 Å². The van der Waals surface area contributed by atoms with Gasteiger partial charge in [-0.2, -0.15) is 0 Å². The Bertz CT molecular complexity index is 1300. The van der Waals surface area contributed by atoms with Gasteiger partial charge in [0.05, 0.1) is 30.4 Å². The fraction of sp³-hybridized carbons (Fsp3) is 0.250. The molecule has 184 valence electrons. The molecule has 2 aromatic carbocycles. The van der Waals surface area contributed by atoms with Gasteiger partial charge >= 0.3 is 0 Å². The zero-order valence-corrected chi connectivity index (χ0v) is 20.6. The molecule has 1 aliphatic heterocycles. The molecule has 0 atom stereocenters. The molecule has 36 heavy (non-hydrogen) atoms. The van der Waals surface area contributed by atoms with Crippen molar-refractivity contribution in [2.45, 2.75) is 13.5 Å². The molecule has 0 radical (unpaired) electrons. The second-order valence-corrected chi connectivity index (χ2v) is 8.79. The van der Waals surface area contributed by atoms with Gasteiger partial charge in [0, 0.05) is 56.4 Å². The predicted octanol–water partition coefficient (Wildman–Crippen LogP) is 4.41. The fourth-order valence-electron chi connectivity index (χ4n) is 4.90. The van der Waals surface area contributed by atoms with E-state index < -0.39 is 0 Å². The van der Waals surface area contributed by atoms with Gasteiger partial charge in [0.1, 0.15) is 5.75 Å². The molecule has 1 amide bonds. The highest BCUT2D eigenvalue weighted by Gasteiger charge is 2.27. The summed E-state index contributed by atoms with van der Waals surface area (Å²) in [5.74, 6) is 1.39. The average Bonchev–Trinajstić information content (AvgIpc) is 3.26. The summed E-state index contributed by atoms with van der Waals surface area (Å²) >= 11 is 0. The summed E-state index contributed by atoms with van der Waals surface area (Å²) in [6, 6.07) is 18.4. The van der Waals surface area contributed by atoms with Gasteiger partial charge in [0.2, 0.25) is 6.41 Å². The van der Waals surface area contributed by atoms with Crippen LogP contribution >= 0.6 is 0 Å². The van der Waals surface area contributed by atoms with Crippen LogP contribution in [0.5, 0.6) is 5.75 Å². The van der Waals surface area contributed by atoms with Crippen LogP contribution in [0.1, 0.15) is 11.3 Å². The number of aromatic amines is 1. The van der Waals surface area contributed by atoms with Crippen LogP contribution in [0.4, 0.5) is 17.2 Å². The van der Waals surface area contributed by atoms with E-state index in [1.54, 1.807) is 30.6 Å². The smallest absolute Gasteiger partial charge is 0.220 e. The molecule has 0 bridgehead atoms. The van der Waals surface area contributed by atoms with Crippen LogP contribution in [0.25, 0.3) is 11.3 Å². The second-order valence-electron chi connectivity index (χ2n) is 8.79. The number of hydrogen-bond donors (Lipinski definition) is 1. The van der Waals surface area contributed by atoms with Gasteiger partial charge in [-0.15, -0.1) is 0 Å². The molecular weight excluding hydrogens is 452 g/mol. The first-order valence-corrected chi connectivity index (χ1v) is 12.1. The van der Waals surface area contributed by atoms with Crippen molar-refractivity contribution >= 4 is 23.6 Å². The average molecular weight is 483 g/mol. The van der Waals surface area contributed by atoms with Crippen molar-refractivity contribution in [3.05, 3.63) is 84.4 Å². The molecule has 4 aromatic rings. The van der Waals surface area contributed by atoms with E-state index >= 15 is 0 Å². The van der Waals surface area contributed by atoms with Gasteiger partial charge in [-0.05, 0) is 24.6 Å². The third-order valence-electron chi connectivity index (χ3n) is 6.64. The van der Waals surface area contributed by atoms with Gasteiger partial charge in [-0.3, -0.25) is 19.6 Å². The minimum absolute atomic E-state index is 0.497. The maximum Gasteiger partial charge on any atom is 0.220 e. The number of piperazine rings is 1. The number of methoxy groups -OCH3 is 1. The number of benzene rings is 2. The van der Waals surface area contributed by atoms with E-state index in [9.17, 15) is 4.79 Å². The van der Waals surface area contributed by atoms with E-state index in [2.05, 4.69) is 43.0 Å². The fourth-order valence-corrected chi connectivity index (χ4v) is 4.90. The highest BCUT2D eigenvalue weighted by Crippen LogP contribution is 2.38. The number of H-pyrrole nitrogens is 1. The second kappa shape index (κ2) is 10.6. The van der Waals surface area contributed by atoms with Crippen LogP contribution in [0, 0.1) is 6.92 Å². The van der Waals surface area contributed by atoms with Crippen LogP contribution in [0.3, 0.4) is 0 Å². The number of hydrogen-bond acceptors (Lipinski definition) is 6. The molecule has 8 heteroatoms. The van der Waals surface area contributed by atoms with E-state index in [0.29, 0.717) is 12.4 Å². The molecule has 8 nitrogen and oxygen atoms in total. The summed E-state index contributed by atoms with van der Waals surface area (Å²) in [6.45, 7) is 6.26. The minimum Gasteiger partial charge on any atom is -0.495 e. The Hall–Kier alpha value is -4.17. The van der Waals surface area contributed by atoms with E-state index in [4.69, 9.17) is 4.74 Å². The molecule has 1 fully saturated rings. The molecule has 0 aliphatic carbocycles. The van der Waals surface area contributed by atoms with E-state index in [1.165, 1.54) is 0 Å². The summed E-state index contributed by atoms with van der Waals surface area (Å²) in [4.78, 5) is 30.8. The molecule has 1 aliphatic rings. The topological polar surface area (TPSA) is 77.6 Å². The molecule has 0 unspecified atom stereocenters. The number of carbonyl (C=O) groups excluding carboxylic acids is 1. The molecule has 2 aromatic heterocycles. The van der Waals surface area contributed by atoms with Crippen molar-refractivity contribution in [2.24, 2.45) is 0 Å². The molecule has 5 rings (SSSR count). The van der Waals surface area contributed by atoms with Crippen LogP contribution in [0.15, 0.2) is 73.2 Å². The van der Waals surface area contributed by atoms with Crippen molar-refractivity contribution in [2.75, 3.05) is 43.1 Å². The molecular formula is C28H30N6O2. The Morgan fingerprint density at radius 1 is 1.03 bits per heavy atom. The monoisotopic (exact) mass is 482 g/mol. The standard InChI is InChI=1S/C28H30N6O2/c1-21-28(34(20-35)26-18-29-12-13-30-26)23(27(31-21)22-8-4-3-5-9-22)19-32-14-16-33(17-15-32)24-10-6-7-11-25(24)36-2/h3-13,18,20,31H,14-17,19H2,1-2H3. The number of aryl methyl sites for hydroxylation is 1. The first kappa shape index (κ1) is 23.6. The minimum atomic E-state index is 0.497. The van der Waals surface area contributed by atoms with Gasteiger partial charge in [0.15, 0.2) is 5.82 Å². The predicted molar refractivity (Wildman–Crippen MR) is 142 cm³/mol. The van der Waals surface area contributed by atoms with Crippen molar-refractivity contribution in [3.63, 3.8) is 0 Å². The number of nitrogens with zero attached hydrogens (tertiary/aromatic N) is 5. The lowest BCUT2D eigenvalue weighted by atomic mass is 10.1. The Morgan fingerprint density at radius 2 is 1.78 bits per heavy atom. The summed E-state index contributed by atoms with van der Waals surface area (Å²) in [7, 11) is 1.71. The first-order chi connectivity index (χ1) is 17.7. The van der Waals surface area contributed by atoms with E-state index in [1.807, 2.05) is 43.3 Å². The number of para-hydroxylation sites is 2. The SMILES string of the molecule is COc1ccccc1N1CCN(Cc2c(-c3ccccc3)[nH]c(C)c2N(C=O)c2cnccn2)CC1. The number of anilines is 3. The third-order valence-corrected chi connectivity index (χ3v) is 6.64. The van der Waals surface area contributed by atoms with Crippen molar-refractivity contribution in [1.29, 1.82) is 0 Å². The number of rotatable bonds is 8. The molecule has 3 heterocycles. The van der Waals surface area contributed by atoms with Crippen LogP contribution in [0.2, 0.25) is 0 Å². The van der Waals surface area contributed by atoms with Crippen LogP contribution < -0.4 is 14.5 Å². The lowest BCUT2D eigenvalue weighted by Gasteiger charge is -2.37. The van der Waals surface area contributed by atoms with E-state index in [-0.39, 0.29) is 0 Å². The quantitative estimate of drug-likeness (QED) is 0.375. The van der Waals surface area contributed by atoms with Crippen molar-refractivity contribution < 1.29 is 9.53 Å². The highest BCUT2D eigenvalue weighted by molar-refractivity contribution is 5.90. The summed E-state index contributed by atoms with van der Waals surface area (Å²) < 4.78 is 5.58. The molecule has 0 saturated carbocycles. The Morgan fingerprint density at radius 3 is 2.47 bits per heavy atom. The number of carbonyl (C=O) groups is 1. The highest BCUT2D eigenvalue weighted by atomic mass is 16.5. The Balaban J connectivity index is 1.45. The number of amides is 1. The number of nitrogens with one attached hydrogen (secondary N) is 1. The largest absolute Gasteiger partial charge is 0.495 e. The maximum atomic E-state index is 12.3. The Kier molecular flexibility index (Phi) is 6.95. The van der Waals surface area contributed by atoms with Crippen LogP contribution in [-0.2, 0) is 11.3 Å². The third kappa shape index (κ3) is 4.67. The summed E-state index contributed by atoms with van der Waals surface area (Å²) in [6.07, 6.45) is 5.63. The lowest BCUT2D eigenvalue weighted by molar-refractivity contribution is -0.106. The summed E-state index contributed by atoms with van der Waals surface area (Å²) in [5, 5.41) is 0. The normalized spacial score (nSPS) is 14.0. The summed E-state index contributed by atoms with van der Waals surface area (Å²) in [5.41, 5.74) is 6.04. The van der Waals surface area contributed by atoms with Crippen LogP contribution in [-0.4, -0.2) is 59.6 Å². The Labute approximate surface area is 211 Å². The van der Waals surface area contributed by atoms with Gasteiger partial charge in [-0.25, -0.2) is 4.98 Å². The first-order valence-electron chi connectivity index (χ1n) is 12.1. The van der Waals surface area contributed by atoms with Crippen molar-refractivity contribution in [1.82, 2.24) is 19.9 Å². The number of aromatic nitrogens is 3. The molecule has 1 saturated heterocycles. The lowest BCUT2D eigenvalue weighted by Crippen LogP contribution is -2.46. The van der Waals surface area contributed by atoms with E-state index in [0.717, 1.165) is 72.2 Å². The van der Waals surface area contributed by atoms with Crippen molar-refractivity contribution in [3.8, 4) is 17.0 Å². The number of ether oxygens (including phenoxy) is 1. The van der Waals surface area contributed by atoms with Gasteiger partial charge < -0.3 is 14.6 Å². The maximum absolute atomic E-state index is 12.3.